The topological polar surface area (TPSA) is 105 Å². The average molecular weight is 276 g/mol. The second-order valence-corrected chi connectivity index (χ2v) is 4.47. The smallest absolute Gasteiger partial charge is 0.328 e. The number of rotatable bonds is 5. The van der Waals surface area contributed by atoms with Crippen LogP contribution in [0.4, 0.5) is 0 Å². The van der Waals surface area contributed by atoms with Crippen molar-refractivity contribution in [2.24, 2.45) is 11.5 Å². The number of hydrogen-bond donors (Lipinski definition) is 2. The molecule has 0 saturated carbocycles. The Morgan fingerprint density at radius 2 is 2.10 bits per heavy atom. The largest absolute Gasteiger partial charge is 0.485 e. The standard InChI is InChI=1S/C14H16N2O4/c15-11(5-6-13(16)17)14(18)20-10-7-9-3-1-2-4-12(9)19-8-10/h1-4,7,11H,5-6,8,15H2,(H2,16,17)/t11-/m0/s1. The summed E-state index contributed by atoms with van der Waals surface area (Å²) >= 11 is 0. The summed E-state index contributed by atoms with van der Waals surface area (Å²) in [5.41, 5.74) is 11.5. The molecule has 1 amide bonds. The molecule has 20 heavy (non-hydrogen) atoms. The van der Waals surface area contributed by atoms with Gasteiger partial charge in [-0.2, -0.15) is 0 Å². The minimum Gasteiger partial charge on any atom is -0.485 e. The minimum absolute atomic E-state index is 0.0502. The van der Waals surface area contributed by atoms with Crippen molar-refractivity contribution >= 4 is 18.0 Å². The van der Waals surface area contributed by atoms with Crippen molar-refractivity contribution in [3.8, 4) is 5.75 Å². The lowest BCUT2D eigenvalue weighted by Crippen LogP contribution is -2.34. The zero-order chi connectivity index (χ0) is 14.5. The zero-order valence-corrected chi connectivity index (χ0v) is 10.9. The summed E-state index contributed by atoms with van der Waals surface area (Å²) in [7, 11) is 0. The Kier molecular flexibility index (Phi) is 4.37. The lowest BCUT2D eigenvalue weighted by molar-refractivity contribution is -0.141. The van der Waals surface area contributed by atoms with E-state index in [9.17, 15) is 9.59 Å². The van der Waals surface area contributed by atoms with E-state index in [1.54, 1.807) is 6.08 Å². The third-order valence-corrected chi connectivity index (χ3v) is 2.84. The number of amides is 1. The highest BCUT2D eigenvalue weighted by molar-refractivity contribution is 5.79. The Morgan fingerprint density at radius 1 is 1.35 bits per heavy atom. The van der Waals surface area contributed by atoms with Crippen LogP contribution in [-0.4, -0.2) is 24.5 Å². The molecule has 6 nitrogen and oxygen atoms in total. The maximum absolute atomic E-state index is 11.7. The summed E-state index contributed by atoms with van der Waals surface area (Å²) in [6, 6.07) is 6.55. The molecule has 0 fully saturated rings. The molecule has 1 aliphatic rings. The summed E-state index contributed by atoms with van der Waals surface area (Å²) < 4.78 is 10.6. The highest BCUT2D eigenvalue weighted by Crippen LogP contribution is 2.26. The lowest BCUT2D eigenvalue weighted by atomic mass is 10.1. The van der Waals surface area contributed by atoms with Crippen LogP contribution in [0.3, 0.4) is 0 Å². The molecular weight excluding hydrogens is 260 g/mol. The van der Waals surface area contributed by atoms with Crippen molar-refractivity contribution in [2.45, 2.75) is 18.9 Å². The van der Waals surface area contributed by atoms with Crippen LogP contribution in [0.25, 0.3) is 6.08 Å². The van der Waals surface area contributed by atoms with Crippen LogP contribution in [0.5, 0.6) is 5.75 Å². The summed E-state index contributed by atoms with van der Waals surface area (Å²) in [6.45, 7) is 0.172. The molecule has 1 aromatic rings. The van der Waals surface area contributed by atoms with E-state index in [0.29, 0.717) is 5.76 Å². The highest BCUT2D eigenvalue weighted by Gasteiger charge is 2.20. The van der Waals surface area contributed by atoms with Gasteiger partial charge in [0.2, 0.25) is 5.91 Å². The molecule has 106 valence electrons. The maximum Gasteiger partial charge on any atom is 0.328 e. The van der Waals surface area contributed by atoms with E-state index >= 15 is 0 Å². The third kappa shape index (κ3) is 3.58. The van der Waals surface area contributed by atoms with Gasteiger partial charge in [0.15, 0.2) is 0 Å². The molecule has 0 saturated heterocycles. The van der Waals surface area contributed by atoms with Gasteiger partial charge in [0, 0.05) is 12.0 Å². The van der Waals surface area contributed by atoms with Crippen molar-refractivity contribution in [1.29, 1.82) is 0 Å². The molecule has 1 aromatic carbocycles. The number of primary amides is 1. The molecule has 0 unspecified atom stereocenters. The van der Waals surface area contributed by atoms with Crippen LogP contribution in [0.2, 0.25) is 0 Å². The van der Waals surface area contributed by atoms with Gasteiger partial charge >= 0.3 is 5.97 Å². The van der Waals surface area contributed by atoms with Crippen molar-refractivity contribution in [3.05, 3.63) is 35.6 Å². The Bertz CT molecular complexity index is 554. The number of hydrogen-bond acceptors (Lipinski definition) is 5. The fraction of sp³-hybridized carbons (Fsp3) is 0.286. The molecule has 0 radical (unpaired) electrons. The van der Waals surface area contributed by atoms with Gasteiger partial charge in [-0.1, -0.05) is 18.2 Å². The number of ether oxygens (including phenoxy) is 2. The fourth-order valence-electron chi connectivity index (χ4n) is 1.77. The van der Waals surface area contributed by atoms with Gasteiger partial charge in [-0.15, -0.1) is 0 Å². The first kappa shape index (κ1) is 14.1. The van der Waals surface area contributed by atoms with E-state index in [0.717, 1.165) is 11.3 Å². The summed E-state index contributed by atoms with van der Waals surface area (Å²) in [5.74, 6) is 0.0384. The van der Waals surface area contributed by atoms with Gasteiger partial charge in [0.05, 0.1) is 0 Å². The normalized spacial score (nSPS) is 14.6. The number of carbonyl (C=O) groups is 2. The summed E-state index contributed by atoms with van der Waals surface area (Å²) in [4.78, 5) is 22.4. The van der Waals surface area contributed by atoms with Gasteiger partial charge in [-0.05, 0) is 18.6 Å². The Morgan fingerprint density at radius 3 is 2.85 bits per heavy atom. The quantitative estimate of drug-likeness (QED) is 0.764. The van der Waals surface area contributed by atoms with Crippen molar-refractivity contribution in [3.63, 3.8) is 0 Å². The van der Waals surface area contributed by atoms with Crippen molar-refractivity contribution < 1.29 is 19.1 Å². The van der Waals surface area contributed by atoms with Crippen LogP contribution < -0.4 is 16.2 Å². The van der Waals surface area contributed by atoms with Crippen LogP contribution in [0.15, 0.2) is 30.0 Å². The first-order chi connectivity index (χ1) is 9.56. The van der Waals surface area contributed by atoms with E-state index in [1.807, 2.05) is 24.3 Å². The molecular formula is C14H16N2O4. The van der Waals surface area contributed by atoms with Crippen molar-refractivity contribution in [2.75, 3.05) is 6.61 Å². The predicted molar refractivity (Wildman–Crippen MR) is 72.4 cm³/mol. The molecule has 1 atom stereocenters. The number of esters is 1. The molecule has 1 aliphatic heterocycles. The monoisotopic (exact) mass is 276 g/mol. The molecule has 4 N–H and O–H groups in total. The van der Waals surface area contributed by atoms with E-state index in [1.165, 1.54) is 0 Å². The molecule has 2 rings (SSSR count). The van der Waals surface area contributed by atoms with E-state index in [4.69, 9.17) is 20.9 Å². The molecule has 0 aliphatic carbocycles. The van der Waals surface area contributed by atoms with Crippen LogP contribution in [0, 0.1) is 0 Å². The Labute approximate surface area is 116 Å². The van der Waals surface area contributed by atoms with Gasteiger partial charge in [-0.3, -0.25) is 4.79 Å². The number of para-hydroxylation sites is 1. The number of benzene rings is 1. The Hall–Kier alpha value is -2.34. The summed E-state index contributed by atoms with van der Waals surface area (Å²) in [5, 5.41) is 0. The number of nitrogens with two attached hydrogens (primary N) is 2. The van der Waals surface area contributed by atoms with Gasteiger partial charge in [0.25, 0.3) is 0 Å². The summed E-state index contributed by atoms with van der Waals surface area (Å²) in [6.07, 6.45) is 1.95. The third-order valence-electron chi connectivity index (χ3n) is 2.84. The van der Waals surface area contributed by atoms with Gasteiger partial charge in [0.1, 0.15) is 24.2 Å². The first-order valence-corrected chi connectivity index (χ1v) is 6.24. The molecule has 0 aromatic heterocycles. The van der Waals surface area contributed by atoms with Crippen LogP contribution >= 0.6 is 0 Å². The molecule has 0 spiro atoms. The SMILES string of the molecule is NC(=O)CC[C@H](N)C(=O)OC1=Cc2ccccc2OC1. The maximum atomic E-state index is 11.7. The first-order valence-electron chi connectivity index (χ1n) is 6.24. The van der Waals surface area contributed by atoms with Gasteiger partial charge in [-0.25, -0.2) is 4.79 Å². The van der Waals surface area contributed by atoms with Crippen LogP contribution in [0.1, 0.15) is 18.4 Å². The predicted octanol–water partition coefficient (Wildman–Crippen LogP) is 0.556. The van der Waals surface area contributed by atoms with Gasteiger partial charge < -0.3 is 20.9 Å². The fourth-order valence-corrected chi connectivity index (χ4v) is 1.77. The minimum atomic E-state index is -0.874. The zero-order valence-electron chi connectivity index (χ0n) is 10.9. The molecule has 6 heteroatoms. The van der Waals surface area contributed by atoms with Crippen molar-refractivity contribution in [1.82, 2.24) is 0 Å². The van der Waals surface area contributed by atoms with Crippen LogP contribution in [-0.2, 0) is 14.3 Å². The lowest BCUT2D eigenvalue weighted by Gasteiger charge is -2.18. The second-order valence-electron chi connectivity index (χ2n) is 4.47. The van der Waals surface area contributed by atoms with E-state index in [2.05, 4.69) is 0 Å². The number of fused-ring (bicyclic) bond motifs is 1. The number of carbonyl (C=O) groups excluding carboxylic acids is 2. The van der Waals surface area contributed by atoms with E-state index in [-0.39, 0.29) is 19.4 Å². The average Bonchev–Trinajstić information content (AvgIpc) is 2.44. The Balaban J connectivity index is 1.95. The van der Waals surface area contributed by atoms with E-state index < -0.39 is 17.9 Å². The highest BCUT2D eigenvalue weighted by atomic mass is 16.6. The molecule has 1 heterocycles. The second kappa shape index (κ2) is 6.21. The molecule has 0 bridgehead atoms.